The summed E-state index contributed by atoms with van der Waals surface area (Å²) in [7, 11) is 0. The Bertz CT molecular complexity index is 753. The zero-order chi connectivity index (χ0) is 17.3. The number of esters is 1. The Morgan fingerprint density at radius 2 is 2.08 bits per heavy atom. The van der Waals surface area contributed by atoms with Gasteiger partial charge in [-0.2, -0.15) is 0 Å². The van der Waals surface area contributed by atoms with Gasteiger partial charge in [0, 0.05) is 22.6 Å². The van der Waals surface area contributed by atoms with Crippen molar-refractivity contribution in [2.24, 2.45) is 0 Å². The van der Waals surface area contributed by atoms with Crippen LogP contribution in [0.3, 0.4) is 0 Å². The lowest BCUT2D eigenvalue weighted by molar-refractivity contribution is -0.130. The molecule has 1 atom stereocenters. The molecule has 0 saturated heterocycles. The summed E-state index contributed by atoms with van der Waals surface area (Å²) in [6.45, 7) is 8.26. The molecule has 3 rings (SSSR count). The van der Waals surface area contributed by atoms with Gasteiger partial charge in [-0.3, -0.25) is 0 Å². The van der Waals surface area contributed by atoms with Gasteiger partial charge in [-0.25, -0.2) is 4.79 Å². The molecule has 0 radical (unpaired) electrons. The Morgan fingerprint density at radius 3 is 2.83 bits per heavy atom. The van der Waals surface area contributed by atoms with Crippen LogP contribution in [0.15, 0.2) is 47.6 Å². The molecule has 2 bridgehead atoms. The zero-order valence-electron chi connectivity index (χ0n) is 14.4. The molecule has 24 heavy (non-hydrogen) atoms. The van der Waals surface area contributed by atoms with E-state index in [2.05, 4.69) is 19.6 Å². The van der Waals surface area contributed by atoms with Crippen molar-refractivity contribution < 1.29 is 14.6 Å². The maximum absolute atomic E-state index is 12.5. The maximum atomic E-state index is 12.5. The van der Waals surface area contributed by atoms with Crippen LogP contribution in [0, 0.1) is 0 Å². The van der Waals surface area contributed by atoms with E-state index in [1.807, 2.05) is 13.0 Å². The number of phenolic OH excluding ortho intramolecular Hbond substituents is 1. The average Bonchev–Trinajstić information content (AvgIpc) is 2.66. The summed E-state index contributed by atoms with van der Waals surface area (Å²) in [5.74, 6) is 0.611. The highest BCUT2D eigenvalue weighted by Gasteiger charge is 2.26. The van der Waals surface area contributed by atoms with Gasteiger partial charge in [0.1, 0.15) is 11.5 Å². The van der Waals surface area contributed by atoms with Crippen molar-refractivity contribution in [3.05, 3.63) is 58.7 Å². The third-order valence-corrected chi connectivity index (χ3v) is 4.91. The predicted octanol–water partition coefficient (Wildman–Crippen LogP) is 4.96. The van der Waals surface area contributed by atoms with E-state index >= 15 is 0 Å². The van der Waals surface area contributed by atoms with E-state index in [1.54, 1.807) is 12.1 Å². The number of carbonyl (C=O) groups is 1. The molecule has 0 fully saturated rings. The molecule has 3 heteroatoms. The topological polar surface area (TPSA) is 46.5 Å². The molecule has 0 amide bonds. The van der Waals surface area contributed by atoms with Gasteiger partial charge >= 0.3 is 5.97 Å². The fraction of sp³-hybridized carbons (Fsp3) is 0.381. The van der Waals surface area contributed by atoms with Crippen molar-refractivity contribution in [1.82, 2.24) is 0 Å². The first-order chi connectivity index (χ1) is 11.5. The van der Waals surface area contributed by atoms with Gasteiger partial charge < -0.3 is 9.84 Å². The lowest BCUT2D eigenvalue weighted by Gasteiger charge is -2.23. The SMILES string of the molecule is C=C(C)[C@@H]1CC/C(C)=C/CCC2=CCc3cc(O)cc1c3OC2=O. The normalized spacial score (nSPS) is 23.1. The van der Waals surface area contributed by atoms with Crippen molar-refractivity contribution in [3.63, 3.8) is 0 Å². The molecule has 3 nitrogen and oxygen atoms in total. The van der Waals surface area contributed by atoms with Crippen molar-refractivity contribution in [2.45, 2.75) is 51.9 Å². The number of phenols is 1. The minimum atomic E-state index is -0.271. The van der Waals surface area contributed by atoms with Crippen molar-refractivity contribution in [3.8, 4) is 11.5 Å². The molecule has 0 aromatic heterocycles. The lowest BCUT2D eigenvalue weighted by Crippen LogP contribution is -2.13. The summed E-state index contributed by atoms with van der Waals surface area (Å²) < 4.78 is 5.76. The van der Waals surface area contributed by atoms with E-state index in [-0.39, 0.29) is 17.6 Å². The number of ether oxygens (including phenoxy) is 1. The standard InChI is InChI=1S/C21H24O3/c1-13(2)18-10-7-14(3)5-4-6-15-8-9-16-11-17(22)12-19(18)20(16)24-21(15)23/h5,8,11-12,18,22H,1,4,6-7,9-10H2,2-3H3/b14-5+/t18-/m0/s1. The average molecular weight is 324 g/mol. The van der Waals surface area contributed by atoms with Gasteiger partial charge in [0.25, 0.3) is 0 Å². The van der Waals surface area contributed by atoms with E-state index < -0.39 is 0 Å². The van der Waals surface area contributed by atoms with Crippen LogP contribution in [0.5, 0.6) is 11.5 Å². The summed E-state index contributed by atoms with van der Waals surface area (Å²) in [5, 5.41) is 10.2. The van der Waals surface area contributed by atoms with Crippen LogP contribution >= 0.6 is 0 Å². The van der Waals surface area contributed by atoms with Crippen LogP contribution in [0.1, 0.15) is 56.6 Å². The van der Waals surface area contributed by atoms with Crippen LogP contribution in [0.25, 0.3) is 0 Å². The molecule has 1 aromatic rings. The summed E-state index contributed by atoms with van der Waals surface area (Å²) in [4.78, 5) is 12.5. The van der Waals surface area contributed by atoms with Gasteiger partial charge in [-0.1, -0.05) is 29.9 Å². The molecular weight excluding hydrogens is 300 g/mol. The van der Waals surface area contributed by atoms with Crippen LogP contribution in [0.4, 0.5) is 0 Å². The fourth-order valence-electron chi connectivity index (χ4n) is 3.53. The first-order valence-electron chi connectivity index (χ1n) is 8.53. The van der Waals surface area contributed by atoms with Gasteiger partial charge in [0.2, 0.25) is 0 Å². The molecular formula is C21H24O3. The third-order valence-electron chi connectivity index (χ3n) is 4.91. The molecule has 2 aliphatic rings. The number of fused-ring (bicyclic) bond motifs is 2. The predicted molar refractivity (Wildman–Crippen MR) is 95.3 cm³/mol. The molecule has 0 unspecified atom stereocenters. The Hall–Kier alpha value is -2.29. The van der Waals surface area contributed by atoms with Crippen LogP contribution in [0.2, 0.25) is 0 Å². The highest BCUT2D eigenvalue weighted by molar-refractivity contribution is 5.91. The number of rotatable bonds is 1. The zero-order valence-corrected chi connectivity index (χ0v) is 14.4. The first kappa shape index (κ1) is 16.6. The Balaban J connectivity index is 2.17. The first-order valence-corrected chi connectivity index (χ1v) is 8.53. The molecule has 0 spiro atoms. The number of hydrogen-bond acceptors (Lipinski definition) is 3. The summed E-state index contributed by atoms with van der Waals surface area (Å²) in [6, 6.07) is 3.42. The number of allylic oxidation sites excluding steroid dienone is 4. The monoisotopic (exact) mass is 324 g/mol. The van der Waals surface area contributed by atoms with Crippen LogP contribution in [-0.2, 0) is 11.2 Å². The van der Waals surface area contributed by atoms with Crippen molar-refractivity contribution in [2.75, 3.05) is 0 Å². The minimum Gasteiger partial charge on any atom is -0.508 e. The van der Waals surface area contributed by atoms with Gasteiger partial charge in [0.05, 0.1) is 0 Å². The molecule has 1 N–H and O–H groups in total. The number of hydrogen-bond donors (Lipinski definition) is 1. The Morgan fingerprint density at radius 1 is 1.29 bits per heavy atom. The van der Waals surface area contributed by atoms with Gasteiger partial charge in [-0.05, 0) is 58.1 Å². The molecule has 0 aliphatic carbocycles. The lowest BCUT2D eigenvalue weighted by atomic mass is 9.85. The quantitative estimate of drug-likeness (QED) is 0.451. The largest absolute Gasteiger partial charge is 0.508 e. The second-order valence-corrected chi connectivity index (χ2v) is 6.87. The number of carbonyl (C=O) groups excluding carboxylic acids is 1. The van der Waals surface area contributed by atoms with Crippen LogP contribution in [-0.4, -0.2) is 11.1 Å². The smallest absolute Gasteiger partial charge is 0.339 e. The number of benzene rings is 1. The van der Waals surface area contributed by atoms with E-state index in [0.717, 1.165) is 36.0 Å². The van der Waals surface area contributed by atoms with E-state index in [9.17, 15) is 9.90 Å². The van der Waals surface area contributed by atoms with Crippen molar-refractivity contribution in [1.29, 1.82) is 0 Å². The van der Waals surface area contributed by atoms with E-state index in [0.29, 0.717) is 24.2 Å². The van der Waals surface area contributed by atoms with Crippen LogP contribution < -0.4 is 4.74 Å². The van der Waals surface area contributed by atoms with E-state index in [4.69, 9.17) is 4.74 Å². The Kier molecular flexibility index (Phi) is 4.61. The third kappa shape index (κ3) is 3.30. The second kappa shape index (κ2) is 6.68. The fourth-order valence-corrected chi connectivity index (χ4v) is 3.53. The Labute approximate surface area is 143 Å². The molecule has 0 saturated carbocycles. The summed E-state index contributed by atoms with van der Waals surface area (Å²) >= 11 is 0. The number of aromatic hydroxyl groups is 1. The summed E-state index contributed by atoms with van der Waals surface area (Å²) in [5.41, 5.74) is 4.79. The molecule has 126 valence electrons. The molecule has 2 heterocycles. The minimum absolute atomic E-state index is 0.0583. The maximum Gasteiger partial charge on any atom is 0.339 e. The highest BCUT2D eigenvalue weighted by Crippen LogP contribution is 2.41. The van der Waals surface area contributed by atoms with Crippen molar-refractivity contribution >= 4 is 5.97 Å². The second-order valence-electron chi connectivity index (χ2n) is 6.87. The highest BCUT2D eigenvalue weighted by atomic mass is 16.5. The van der Waals surface area contributed by atoms with Gasteiger partial charge in [-0.15, -0.1) is 0 Å². The molecule has 2 aliphatic heterocycles. The summed E-state index contributed by atoms with van der Waals surface area (Å²) in [6.07, 6.45) is 8.15. The van der Waals surface area contributed by atoms with Gasteiger partial charge in [0.15, 0.2) is 0 Å². The van der Waals surface area contributed by atoms with E-state index in [1.165, 1.54) is 5.57 Å². The molecule has 1 aromatic carbocycles.